The van der Waals surface area contributed by atoms with Gasteiger partial charge in [-0.15, -0.1) is 0 Å². The molecular formula is C15H28N2O2. The third-order valence-corrected chi connectivity index (χ3v) is 3.83. The van der Waals surface area contributed by atoms with Crippen LogP contribution in [0.25, 0.3) is 0 Å². The topological polar surface area (TPSA) is 41.6 Å². The molecule has 1 amide bonds. The highest BCUT2D eigenvalue weighted by Crippen LogP contribution is 2.25. The summed E-state index contributed by atoms with van der Waals surface area (Å²) in [6, 6.07) is 1.32. The summed E-state index contributed by atoms with van der Waals surface area (Å²) >= 11 is 0. The molecule has 2 aliphatic rings. The number of amides is 1. The Kier molecular flexibility index (Phi) is 4.39. The number of hydrogen-bond acceptors (Lipinski definition) is 3. The van der Waals surface area contributed by atoms with E-state index in [0.717, 1.165) is 19.4 Å². The standard InChI is InChI=1S/C15H28N2O2/c1-11(16-12-8-9-12)13-7-5-6-10-17(13)14(18)19-15(2,3)4/h11-13,16H,5-10H2,1-4H3. The van der Waals surface area contributed by atoms with E-state index in [1.54, 1.807) is 0 Å². The van der Waals surface area contributed by atoms with E-state index in [2.05, 4.69) is 12.2 Å². The zero-order valence-electron chi connectivity index (χ0n) is 12.7. The molecule has 1 aliphatic heterocycles. The molecule has 1 saturated heterocycles. The highest BCUT2D eigenvalue weighted by atomic mass is 16.6. The van der Waals surface area contributed by atoms with E-state index >= 15 is 0 Å². The number of carbonyl (C=O) groups excluding carboxylic acids is 1. The second-order valence-electron chi connectivity index (χ2n) is 6.97. The van der Waals surface area contributed by atoms with Crippen molar-refractivity contribution in [3.05, 3.63) is 0 Å². The lowest BCUT2D eigenvalue weighted by Crippen LogP contribution is -2.54. The summed E-state index contributed by atoms with van der Waals surface area (Å²) in [5, 5.41) is 3.62. The maximum Gasteiger partial charge on any atom is 0.410 e. The predicted molar refractivity (Wildman–Crippen MR) is 76.2 cm³/mol. The molecule has 19 heavy (non-hydrogen) atoms. The molecule has 1 heterocycles. The van der Waals surface area contributed by atoms with Crippen LogP contribution in [0.4, 0.5) is 4.79 Å². The minimum absolute atomic E-state index is 0.151. The molecule has 4 heteroatoms. The molecule has 2 fully saturated rings. The largest absolute Gasteiger partial charge is 0.444 e. The van der Waals surface area contributed by atoms with E-state index in [1.807, 2.05) is 25.7 Å². The smallest absolute Gasteiger partial charge is 0.410 e. The monoisotopic (exact) mass is 268 g/mol. The molecule has 4 nitrogen and oxygen atoms in total. The quantitative estimate of drug-likeness (QED) is 0.855. The average molecular weight is 268 g/mol. The van der Waals surface area contributed by atoms with Gasteiger partial charge in [-0.3, -0.25) is 0 Å². The van der Waals surface area contributed by atoms with Crippen molar-refractivity contribution < 1.29 is 9.53 Å². The highest BCUT2D eigenvalue weighted by Gasteiger charge is 2.35. The van der Waals surface area contributed by atoms with Crippen molar-refractivity contribution in [2.75, 3.05) is 6.54 Å². The van der Waals surface area contributed by atoms with Gasteiger partial charge in [0.15, 0.2) is 0 Å². The lowest BCUT2D eigenvalue weighted by atomic mass is 9.97. The van der Waals surface area contributed by atoms with Crippen LogP contribution in [0.3, 0.4) is 0 Å². The summed E-state index contributed by atoms with van der Waals surface area (Å²) in [6.45, 7) is 8.81. The van der Waals surface area contributed by atoms with Crippen molar-refractivity contribution in [2.45, 2.75) is 83.5 Å². The van der Waals surface area contributed by atoms with Gasteiger partial charge in [-0.1, -0.05) is 0 Å². The van der Waals surface area contributed by atoms with Crippen LogP contribution in [0.1, 0.15) is 59.8 Å². The van der Waals surface area contributed by atoms with Gasteiger partial charge in [0.2, 0.25) is 0 Å². The third-order valence-electron chi connectivity index (χ3n) is 3.83. The second kappa shape index (κ2) is 5.70. The fourth-order valence-corrected chi connectivity index (χ4v) is 2.76. The third kappa shape index (κ3) is 4.37. The number of piperidine rings is 1. The van der Waals surface area contributed by atoms with E-state index in [9.17, 15) is 4.79 Å². The van der Waals surface area contributed by atoms with E-state index in [1.165, 1.54) is 19.3 Å². The maximum absolute atomic E-state index is 12.3. The van der Waals surface area contributed by atoms with Gasteiger partial charge in [-0.2, -0.15) is 0 Å². The number of ether oxygens (including phenoxy) is 1. The van der Waals surface area contributed by atoms with Crippen molar-refractivity contribution in [3.63, 3.8) is 0 Å². The lowest BCUT2D eigenvalue weighted by Gasteiger charge is -2.40. The molecule has 0 spiro atoms. The van der Waals surface area contributed by atoms with Crippen LogP contribution < -0.4 is 5.32 Å². The number of nitrogens with one attached hydrogen (secondary N) is 1. The molecule has 0 aromatic carbocycles. The number of hydrogen-bond donors (Lipinski definition) is 1. The minimum Gasteiger partial charge on any atom is -0.444 e. The molecule has 0 radical (unpaired) electrons. The van der Waals surface area contributed by atoms with E-state index in [-0.39, 0.29) is 12.1 Å². The predicted octanol–water partition coefficient (Wildman–Crippen LogP) is 2.92. The average Bonchev–Trinajstić information content (AvgIpc) is 3.10. The van der Waals surface area contributed by atoms with Crippen molar-refractivity contribution in [3.8, 4) is 0 Å². The van der Waals surface area contributed by atoms with Crippen LogP contribution in [0.15, 0.2) is 0 Å². The van der Waals surface area contributed by atoms with Crippen LogP contribution in [-0.4, -0.2) is 41.3 Å². The Morgan fingerprint density at radius 1 is 1.26 bits per heavy atom. The Balaban J connectivity index is 1.95. The number of rotatable bonds is 3. The molecule has 2 unspecified atom stereocenters. The summed E-state index contributed by atoms with van der Waals surface area (Å²) in [5.74, 6) is 0. The fraction of sp³-hybridized carbons (Fsp3) is 0.933. The number of likely N-dealkylation sites (tertiary alicyclic amines) is 1. The second-order valence-corrected chi connectivity index (χ2v) is 6.97. The van der Waals surface area contributed by atoms with Crippen molar-refractivity contribution in [2.24, 2.45) is 0 Å². The van der Waals surface area contributed by atoms with Crippen LogP contribution in [0.2, 0.25) is 0 Å². The van der Waals surface area contributed by atoms with Gasteiger partial charge in [0.05, 0.1) is 6.04 Å². The molecule has 1 N–H and O–H groups in total. The van der Waals surface area contributed by atoms with Crippen molar-refractivity contribution in [1.29, 1.82) is 0 Å². The Morgan fingerprint density at radius 2 is 1.95 bits per heavy atom. The van der Waals surface area contributed by atoms with Crippen molar-refractivity contribution in [1.82, 2.24) is 10.2 Å². The Hall–Kier alpha value is -0.770. The van der Waals surface area contributed by atoms with Crippen molar-refractivity contribution >= 4 is 6.09 Å². The Labute approximate surface area is 116 Å². The first-order valence-electron chi connectivity index (χ1n) is 7.62. The molecule has 1 aliphatic carbocycles. The normalized spacial score (nSPS) is 26.1. The van der Waals surface area contributed by atoms with Gasteiger partial charge in [-0.05, 0) is 59.8 Å². The molecular weight excluding hydrogens is 240 g/mol. The fourth-order valence-electron chi connectivity index (χ4n) is 2.76. The van der Waals surface area contributed by atoms with Crippen LogP contribution in [0.5, 0.6) is 0 Å². The van der Waals surface area contributed by atoms with Gasteiger partial charge in [0.25, 0.3) is 0 Å². The van der Waals surface area contributed by atoms with Gasteiger partial charge in [0.1, 0.15) is 5.60 Å². The zero-order chi connectivity index (χ0) is 14.0. The van der Waals surface area contributed by atoms with Gasteiger partial charge < -0.3 is 15.0 Å². The summed E-state index contributed by atoms with van der Waals surface area (Å²) in [6.07, 6.45) is 5.79. The van der Waals surface area contributed by atoms with Crippen LogP contribution in [0, 0.1) is 0 Å². The first-order valence-corrected chi connectivity index (χ1v) is 7.62. The molecule has 110 valence electrons. The molecule has 1 saturated carbocycles. The molecule has 2 atom stereocenters. The Bertz CT molecular complexity index is 321. The van der Waals surface area contributed by atoms with Gasteiger partial charge >= 0.3 is 6.09 Å². The van der Waals surface area contributed by atoms with E-state index < -0.39 is 5.60 Å². The highest BCUT2D eigenvalue weighted by molar-refractivity contribution is 5.68. The van der Waals surface area contributed by atoms with E-state index in [4.69, 9.17) is 4.74 Å². The van der Waals surface area contributed by atoms with Crippen LogP contribution >= 0.6 is 0 Å². The summed E-state index contributed by atoms with van der Waals surface area (Å²) in [7, 11) is 0. The SMILES string of the molecule is CC(NC1CC1)C1CCCCN1C(=O)OC(C)(C)C. The minimum atomic E-state index is -0.410. The maximum atomic E-state index is 12.3. The first kappa shape index (κ1) is 14.6. The molecule has 2 rings (SSSR count). The Morgan fingerprint density at radius 3 is 2.53 bits per heavy atom. The summed E-state index contributed by atoms with van der Waals surface area (Å²) in [5.41, 5.74) is -0.410. The van der Waals surface area contributed by atoms with E-state index in [0.29, 0.717) is 12.1 Å². The van der Waals surface area contributed by atoms with Gasteiger partial charge in [0, 0.05) is 18.6 Å². The van der Waals surface area contributed by atoms with Crippen LogP contribution in [-0.2, 0) is 4.74 Å². The number of nitrogens with zero attached hydrogens (tertiary/aromatic N) is 1. The lowest BCUT2D eigenvalue weighted by molar-refractivity contribution is 0.00551. The van der Waals surface area contributed by atoms with Gasteiger partial charge in [-0.25, -0.2) is 4.79 Å². The molecule has 0 bridgehead atoms. The molecule has 0 aromatic heterocycles. The first-order chi connectivity index (χ1) is 8.87. The summed E-state index contributed by atoms with van der Waals surface area (Å²) < 4.78 is 5.54. The zero-order valence-corrected chi connectivity index (χ0v) is 12.7. The number of carbonyl (C=O) groups is 1. The molecule has 0 aromatic rings. The summed E-state index contributed by atoms with van der Waals surface area (Å²) in [4.78, 5) is 14.2.